The van der Waals surface area contributed by atoms with Gasteiger partial charge >= 0.3 is 39.5 Å². The molecule has 0 aliphatic rings. The Hall–Kier alpha value is -2.47. The fraction of sp³-hybridized carbons (Fsp3) is 0.943. The molecular weight excluding hydrogens is 1420 g/mol. The van der Waals surface area contributed by atoms with Crippen molar-refractivity contribution in [1.82, 2.24) is 5.32 Å². The lowest BCUT2D eigenvalue weighted by Gasteiger charge is -2.21. The van der Waals surface area contributed by atoms with Crippen molar-refractivity contribution in [3.63, 3.8) is 0 Å². The lowest BCUT2D eigenvalue weighted by atomic mass is 9.91. The average Bonchev–Trinajstić information content (AvgIpc) is 0.912. The number of rotatable bonds is 81. The number of phosphoric ester groups is 2. The number of phosphoric acid groups is 2. The molecule has 4 atom stereocenters. The van der Waals surface area contributed by atoms with Crippen LogP contribution < -0.4 is 5.32 Å². The van der Waals surface area contributed by atoms with E-state index in [9.17, 15) is 42.9 Å². The van der Waals surface area contributed by atoms with E-state index in [4.69, 9.17) is 41.8 Å². The van der Waals surface area contributed by atoms with Crippen LogP contribution in [0.25, 0.3) is 0 Å². The lowest BCUT2D eigenvalue weighted by Crippen LogP contribution is -2.30. The molecule has 0 aromatic heterocycles. The third kappa shape index (κ3) is 87.8. The molecule has 1 amide bonds. The molecule has 0 heterocycles. The lowest BCUT2D eigenvalue weighted by molar-refractivity contribution is -0.161. The molecule has 0 radical (unpaired) electrons. The van der Waals surface area contributed by atoms with Gasteiger partial charge in [-0.2, -0.15) is 0 Å². The summed E-state index contributed by atoms with van der Waals surface area (Å²) in [5, 5.41) is 2.66. The minimum Gasteiger partial charge on any atom is -0.462 e. The number of hydrogen-bond acceptors (Lipinski definition) is 16. The molecule has 109 heavy (non-hydrogen) atoms. The van der Waals surface area contributed by atoms with Crippen LogP contribution in [-0.4, -0.2) is 110 Å². The van der Waals surface area contributed by atoms with Gasteiger partial charge in [0.2, 0.25) is 5.91 Å². The second-order valence-corrected chi connectivity index (χ2v) is 36.1. The van der Waals surface area contributed by atoms with E-state index < -0.39 is 52.4 Å². The fourth-order valence-electron chi connectivity index (χ4n) is 12.8. The number of nitrogens with one attached hydrogen (secondary N) is 1. The summed E-state index contributed by atoms with van der Waals surface area (Å²) in [5.74, 6) is -1.84. The van der Waals surface area contributed by atoms with E-state index in [1.54, 1.807) is 0 Å². The Morgan fingerprint density at radius 1 is 0.303 bits per heavy atom. The highest BCUT2D eigenvalue weighted by atomic mass is 31.2. The summed E-state index contributed by atoms with van der Waals surface area (Å²) in [6.45, 7) is 20.3. The summed E-state index contributed by atoms with van der Waals surface area (Å²) in [6, 6.07) is 0. The van der Waals surface area contributed by atoms with E-state index >= 15 is 0 Å². The molecule has 4 unspecified atom stereocenters. The number of carbonyl (C=O) groups is 5. The molecule has 0 aromatic carbocycles. The van der Waals surface area contributed by atoms with Crippen molar-refractivity contribution in [3.8, 4) is 0 Å². The summed E-state index contributed by atoms with van der Waals surface area (Å²) >= 11 is 0. The first-order valence-electron chi connectivity index (χ1n) is 45.2. The molecule has 0 rings (SSSR count). The van der Waals surface area contributed by atoms with E-state index in [1.807, 2.05) is 20.8 Å². The fourth-order valence-corrected chi connectivity index (χ4v) is 14.3. The van der Waals surface area contributed by atoms with Gasteiger partial charge in [-0.15, -0.1) is 0 Å². The Kier molecular flexibility index (Phi) is 77.8. The molecule has 0 aliphatic heterocycles. The van der Waals surface area contributed by atoms with Crippen molar-refractivity contribution in [3.05, 3.63) is 0 Å². The molecule has 3 N–H and O–H groups in total. The van der Waals surface area contributed by atoms with Crippen molar-refractivity contribution in [2.45, 2.75) is 479 Å². The molecule has 0 bridgehead atoms. The minimum absolute atomic E-state index is 0.0274. The van der Waals surface area contributed by atoms with Crippen LogP contribution in [0.3, 0.4) is 0 Å². The Balaban J connectivity index is 0. The number of carbonyl (C=O) groups excluding carboxylic acids is 5. The highest BCUT2D eigenvalue weighted by Crippen LogP contribution is 2.44. The van der Waals surface area contributed by atoms with Gasteiger partial charge in [0.1, 0.15) is 13.2 Å². The van der Waals surface area contributed by atoms with Crippen LogP contribution in [0.5, 0.6) is 0 Å². The van der Waals surface area contributed by atoms with Crippen LogP contribution in [0, 0.1) is 5.41 Å². The van der Waals surface area contributed by atoms with Gasteiger partial charge in [-0.1, -0.05) is 357 Å². The Morgan fingerprint density at radius 2 is 0.560 bits per heavy atom. The standard InChI is InChI=1S/C46H90NO10P.C42H83O8P/c1-6-8-10-12-14-16-18-20-22-24-26-28-30-35-44(49)53-40-42(57-45(50)36-31-29-27-25-23-21-19-17-15-13-11-9-7-2)41-56-58(51,52)55-39-37-47-43(48)34-32-33-38-54-46(3,4)5;1-6-8-10-12-14-16-18-20-22-24-26-28-30-33-40(43)47-37-39(38-49-51(45,46)48-36-32-35-42(3,4)5)50-41(44)34-31-29-27-25-23-21-19-17-15-13-11-9-7-2/h42H,6-41H2,1-5H3,(H,47,48)(H,51,52);39H,6-38H2,1-5H3,(H,45,46). The maximum absolute atomic E-state index is 12.7. The third-order valence-corrected chi connectivity index (χ3v) is 21.5. The van der Waals surface area contributed by atoms with Crippen LogP contribution in [0.2, 0.25) is 0 Å². The maximum Gasteiger partial charge on any atom is 0.472 e. The number of ether oxygens (including phenoxy) is 5. The van der Waals surface area contributed by atoms with Crippen LogP contribution in [0.4, 0.5) is 0 Å². The second-order valence-electron chi connectivity index (χ2n) is 33.2. The topological polar surface area (TPSA) is 255 Å². The van der Waals surface area contributed by atoms with Gasteiger partial charge in [0, 0.05) is 45.3 Å². The largest absolute Gasteiger partial charge is 0.472 e. The van der Waals surface area contributed by atoms with Crippen molar-refractivity contribution in [2.75, 3.05) is 52.8 Å². The monoisotopic (exact) mass is 1590 g/mol. The number of esters is 4. The number of amides is 1. The Morgan fingerprint density at radius 3 is 0.835 bits per heavy atom. The van der Waals surface area contributed by atoms with Crippen molar-refractivity contribution in [1.29, 1.82) is 0 Å². The zero-order chi connectivity index (χ0) is 80.9. The highest BCUT2D eigenvalue weighted by Gasteiger charge is 2.28. The molecule has 648 valence electrons. The summed E-state index contributed by atoms with van der Waals surface area (Å²) in [7, 11) is -8.88. The smallest absolute Gasteiger partial charge is 0.462 e. The Bertz CT molecular complexity index is 2160. The zero-order valence-corrected chi connectivity index (χ0v) is 74.1. The summed E-state index contributed by atoms with van der Waals surface area (Å²) < 4.78 is 73.2. The predicted octanol–water partition coefficient (Wildman–Crippen LogP) is 26.0. The van der Waals surface area contributed by atoms with Gasteiger partial charge in [-0.25, -0.2) is 9.13 Å². The van der Waals surface area contributed by atoms with Crippen molar-refractivity contribution >= 4 is 45.4 Å². The number of unbranched alkanes of at least 4 members (excludes halogenated alkanes) is 49. The molecule has 19 nitrogen and oxygen atoms in total. The zero-order valence-electron chi connectivity index (χ0n) is 72.3. The minimum atomic E-state index is -4.54. The molecule has 0 aromatic rings. The molecule has 0 spiro atoms. The van der Waals surface area contributed by atoms with E-state index in [0.29, 0.717) is 38.7 Å². The van der Waals surface area contributed by atoms with Gasteiger partial charge in [-0.3, -0.25) is 42.1 Å². The first-order chi connectivity index (χ1) is 52.4. The van der Waals surface area contributed by atoms with E-state index in [2.05, 4.69) is 53.8 Å². The Labute approximate surface area is 669 Å². The first-order valence-corrected chi connectivity index (χ1v) is 48.2. The quantitative estimate of drug-likeness (QED) is 0.0221. The van der Waals surface area contributed by atoms with Crippen LogP contribution in [-0.2, 0) is 74.9 Å². The van der Waals surface area contributed by atoms with Crippen LogP contribution in [0.1, 0.15) is 461 Å². The molecular formula is C88H173NO18P2. The molecule has 0 saturated heterocycles. The summed E-state index contributed by atoms with van der Waals surface area (Å²) in [4.78, 5) is 83.0. The van der Waals surface area contributed by atoms with Gasteiger partial charge in [-0.05, 0) is 77.6 Å². The first kappa shape index (κ1) is 109. The summed E-state index contributed by atoms with van der Waals surface area (Å²) in [6.07, 6.45) is 65.3. The third-order valence-electron chi connectivity index (χ3n) is 19.6. The normalized spacial score (nSPS) is 13.4. The van der Waals surface area contributed by atoms with Gasteiger partial charge in [0.15, 0.2) is 12.2 Å². The second kappa shape index (κ2) is 78.1. The SMILES string of the molecule is CCCCCCCCCCCCCCCC(=O)OCC(COP(=O)(O)OCCCC(C)(C)C)OC(=O)CCCCCCCCCCCCCCC.CCCCCCCCCCCCCCCC(=O)OCC(COP(=O)(O)OCCNC(=O)CCCCOC(C)(C)C)OC(=O)CCCCCCCCCCCCCCC. The van der Waals surface area contributed by atoms with Crippen LogP contribution in [0.15, 0.2) is 0 Å². The van der Waals surface area contributed by atoms with Gasteiger partial charge in [0.05, 0.1) is 32.0 Å². The molecule has 0 saturated carbocycles. The van der Waals surface area contributed by atoms with Gasteiger partial charge in [0.25, 0.3) is 0 Å². The van der Waals surface area contributed by atoms with Crippen molar-refractivity contribution in [2.24, 2.45) is 5.41 Å². The molecule has 21 heteroatoms. The van der Waals surface area contributed by atoms with E-state index in [-0.39, 0.29) is 81.7 Å². The predicted molar refractivity (Wildman–Crippen MR) is 448 cm³/mol. The highest BCUT2D eigenvalue weighted by molar-refractivity contribution is 7.47. The average molecular weight is 1600 g/mol. The van der Waals surface area contributed by atoms with Crippen molar-refractivity contribution < 1.29 is 84.7 Å². The van der Waals surface area contributed by atoms with Crippen LogP contribution >= 0.6 is 15.6 Å². The molecule has 0 fully saturated rings. The number of hydrogen-bond donors (Lipinski definition) is 3. The summed E-state index contributed by atoms with van der Waals surface area (Å²) in [5.41, 5.74) is -0.129. The van der Waals surface area contributed by atoms with E-state index in [1.165, 1.54) is 250 Å². The van der Waals surface area contributed by atoms with Gasteiger partial charge < -0.3 is 38.8 Å². The van der Waals surface area contributed by atoms with E-state index in [0.717, 1.165) is 89.9 Å². The molecule has 0 aliphatic carbocycles. The maximum atomic E-state index is 12.7.